The van der Waals surface area contributed by atoms with E-state index in [1.165, 1.54) is 0 Å². The zero-order valence-corrected chi connectivity index (χ0v) is 14.8. The van der Waals surface area contributed by atoms with Crippen molar-refractivity contribution >= 4 is 17.6 Å². The first-order valence-corrected chi connectivity index (χ1v) is 8.72. The summed E-state index contributed by atoms with van der Waals surface area (Å²) in [6.07, 6.45) is 2.79. The van der Waals surface area contributed by atoms with Gasteiger partial charge in [-0.25, -0.2) is 9.78 Å². The minimum Gasteiger partial charge on any atom is -0.450 e. The molecule has 0 bridgehead atoms. The van der Waals surface area contributed by atoms with Crippen LogP contribution in [0.5, 0.6) is 0 Å². The van der Waals surface area contributed by atoms with Crippen LogP contribution in [0.4, 0.5) is 4.79 Å². The monoisotopic (exact) mass is 344 g/mol. The molecular formula is C18H24N4O3. The van der Waals surface area contributed by atoms with Gasteiger partial charge in [0.1, 0.15) is 5.65 Å². The largest absolute Gasteiger partial charge is 0.450 e. The number of nitrogens with zero attached hydrogens (tertiary/aromatic N) is 4. The molecule has 2 aromatic heterocycles. The molecule has 0 unspecified atom stereocenters. The number of piperazine rings is 1. The maximum absolute atomic E-state index is 12.5. The fourth-order valence-corrected chi connectivity index (χ4v) is 3.20. The molecule has 0 radical (unpaired) electrons. The first-order valence-electron chi connectivity index (χ1n) is 8.72. The molecule has 1 saturated heterocycles. The number of carbonyl (C=O) groups excluding carboxylic acids is 2. The van der Waals surface area contributed by atoms with E-state index in [9.17, 15) is 9.59 Å². The van der Waals surface area contributed by atoms with Gasteiger partial charge in [-0.3, -0.25) is 4.79 Å². The van der Waals surface area contributed by atoms with Crippen LogP contribution in [0.2, 0.25) is 0 Å². The predicted octanol–water partition coefficient (Wildman–Crippen LogP) is 1.88. The number of hydrogen-bond acceptors (Lipinski definition) is 4. The highest BCUT2D eigenvalue weighted by molar-refractivity contribution is 5.77. The molecule has 0 N–H and O–H groups in total. The van der Waals surface area contributed by atoms with Crippen molar-refractivity contribution in [3.8, 4) is 0 Å². The second-order valence-corrected chi connectivity index (χ2v) is 6.14. The molecule has 1 aliphatic rings. The van der Waals surface area contributed by atoms with Crippen LogP contribution < -0.4 is 0 Å². The van der Waals surface area contributed by atoms with Crippen LogP contribution >= 0.6 is 0 Å². The average molecular weight is 344 g/mol. The molecule has 2 amide bonds. The van der Waals surface area contributed by atoms with E-state index in [2.05, 4.69) is 4.98 Å². The van der Waals surface area contributed by atoms with Gasteiger partial charge in [0, 0.05) is 44.5 Å². The molecule has 7 nitrogen and oxygen atoms in total. The highest BCUT2D eigenvalue weighted by Gasteiger charge is 2.24. The molecule has 1 fully saturated rings. The number of fused-ring (bicyclic) bond motifs is 1. The van der Waals surface area contributed by atoms with E-state index in [-0.39, 0.29) is 12.0 Å². The Balaban J connectivity index is 1.55. The lowest BCUT2D eigenvalue weighted by molar-refractivity contribution is -0.132. The smallest absolute Gasteiger partial charge is 0.409 e. The summed E-state index contributed by atoms with van der Waals surface area (Å²) in [5, 5.41) is 0. The van der Waals surface area contributed by atoms with Crippen molar-refractivity contribution in [1.82, 2.24) is 19.2 Å². The zero-order valence-electron chi connectivity index (χ0n) is 14.8. The van der Waals surface area contributed by atoms with E-state index in [4.69, 9.17) is 4.74 Å². The van der Waals surface area contributed by atoms with Crippen LogP contribution in [-0.2, 0) is 16.0 Å². The summed E-state index contributed by atoms with van der Waals surface area (Å²) in [7, 11) is 0. The normalized spacial score (nSPS) is 14.8. The van der Waals surface area contributed by atoms with E-state index in [1.54, 1.807) is 11.8 Å². The predicted molar refractivity (Wildman–Crippen MR) is 93.4 cm³/mol. The standard InChI is InChI=1S/C18H24N4O3/c1-3-25-18(24)21-12-10-20(11-13-21)17(23)8-7-15-14(2)19-16-6-4-5-9-22(15)16/h4-6,9H,3,7-8,10-13H2,1-2H3. The van der Waals surface area contributed by atoms with Crippen LogP contribution in [0.25, 0.3) is 5.65 Å². The average Bonchev–Trinajstić information content (AvgIpc) is 2.95. The molecule has 7 heteroatoms. The molecule has 2 aromatic rings. The maximum atomic E-state index is 12.5. The number of ether oxygens (including phenoxy) is 1. The van der Waals surface area contributed by atoms with Crippen molar-refractivity contribution in [2.75, 3.05) is 32.8 Å². The highest BCUT2D eigenvalue weighted by atomic mass is 16.6. The molecule has 3 heterocycles. The Bertz CT molecular complexity index is 763. The molecule has 0 spiro atoms. The third-order valence-electron chi connectivity index (χ3n) is 4.56. The summed E-state index contributed by atoms with van der Waals surface area (Å²) >= 11 is 0. The van der Waals surface area contributed by atoms with Crippen LogP contribution in [0.1, 0.15) is 24.7 Å². The fraction of sp³-hybridized carbons (Fsp3) is 0.500. The van der Waals surface area contributed by atoms with Gasteiger partial charge in [-0.1, -0.05) is 6.07 Å². The number of aryl methyl sites for hydroxylation is 2. The maximum Gasteiger partial charge on any atom is 0.409 e. The fourth-order valence-electron chi connectivity index (χ4n) is 3.20. The Kier molecular flexibility index (Phi) is 5.21. The van der Waals surface area contributed by atoms with Crippen LogP contribution in [-0.4, -0.2) is 64.0 Å². The van der Waals surface area contributed by atoms with Gasteiger partial charge in [-0.15, -0.1) is 0 Å². The van der Waals surface area contributed by atoms with E-state index in [1.807, 2.05) is 40.6 Å². The summed E-state index contributed by atoms with van der Waals surface area (Å²) in [6, 6.07) is 5.89. The number of carbonyl (C=O) groups is 2. The van der Waals surface area contributed by atoms with E-state index in [0.29, 0.717) is 45.6 Å². The number of rotatable bonds is 4. The molecule has 0 aliphatic carbocycles. The Hall–Kier alpha value is -2.57. The lowest BCUT2D eigenvalue weighted by Crippen LogP contribution is -2.50. The van der Waals surface area contributed by atoms with Gasteiger partial charge in [0.05, 0.1) is 12.3 Å². The summed E-state index contributed by atoms with van der Waals surface area (Å²) in [6.45, 7) is 6.31. The second-order valence-electron chi connectivity index (χ2n) is 6.14. The number of amides is 2. The zero-order chi connectivity index (χ0) is 17.8. The molecule has 0 atom stereocenters. The van der Waals surface area contributed by atoms with Gasteiger partial charge >= 0.3 is 6.09 Å². The summed E-state index contributed by atoms with van der Waals surface area (Å²) < 4.78 is 7.04. The van der Waals surface area contributed by atoms with Gasteiger partial charge in [-0.2, -0.15) is 0 Å². The Morgan fingerprint density at radius 1 is 1.16 bits per heavy atom. The van der Waals surface area contributed by atoms with Gasteiger partial charge < -0.3 is 18.9 Å². The summed E-state index contributed by atoms with van der Waals surface area (Å²) in [5.74, 6) is 0.119. The molecule has 1 aliphatic heterocycles. The van der Waals surface area contributed by atoms with Crippen molar-refractivity contribution in [2.45, 2.75) is 26.7 Å². The van der Waals surface area contributed by atoms with Crippen LogP contribution in [0.15, 0.2) is 24.4 Å². The number of aromatic nitrogens is 2. The van der Waals surface area contributed by atoms with Crippen molar-refractivity contribution in [3.05, 3.63) is 35.8 Å². The minimum absolute atomic E-state index is 0.119. The second kappa shape index (κ2) is 7.55. The van der Waals surface area contributed by atoms with Crippen molar-refractivity contribution < 1.29 is 14.3 Å². The van der Waals surface area contributed by atoms with Gasteiger partial charge in [-0.05, 0) is 32.4 Å². The molecule has 0 aromatic carbocycles. The highest BCUT2D eigenvalue weighted by Crippen LogP contribution is 2.15. The first kappa shape index (κ1) is 17.3. The molecule has 3 rings (SSSR count). The van der Waals surface area contributed by atoms with Gasteiger partial charge in [0.2, 0.25) is 5.91 Å². The quantitative estimate of drug-likeness (QED) is 0.849. The minimum atomic E-state index is -0.295. The number of pyridine rings is 1. The van der Waals surface area contributed by atoms with E-state index >= 15 is 0 Å². The van der Waals surface area contributed by atoms with Gasteiger partial charge in [0.15, 0.2) is 0 Å². The summed E-state index contributed by atoms with van der Waals surface area (Å²) in [5.41, 5.74) is 2.95. The summed E-state index contributed by atoms with van der Waals surface area (Å²) in [4.78, 5) is 32.2. The van der Waals surface area contributed by atoms with Crippen molar-refractivity contribution in [3.63, 3.8) is 0 Å². The Morgan fingerprint density at radius 2 is 1.88 bits per heavy atom. The Morgan fingerprint density at radius 3 is 2.60 bits per heavy atom. The molecule has 25 heavy (non-hydrogen) atoms. The number of hydrogen-bond donors (Lipinski definition) is 0. The van der Waals surface area contributed by atoms with Crippen molar-refractivity contribution in [2.24, 2.45) is 0 Å². The van der Waals surface area contributed by atoms with Crippen LogP contribution in [0.3, 0.4) is 0 Å². The lowest BCUT2D eigenvalue weighted by atomic mass is 10.2. The number of imidazole rings is 1. The molecule has 0 saturated carbocycles. The molecule has 134 valence electrons. The van der Waals surface area contributed by atoms with E-state index < -0.39 is 0 Å². The van der Waals surface area contributed by atoms with E-state index in [0.717, 1.165) is 17.0 Å². The third kappa shape index (κ3) is 3.75. The van der Waals surface area contributed by atoms with Crippen LogP contribution in [0, 0.1) is 6.92 Å². The molecular weight excluding hydrogens is 320 g/mol. The van der Waals surface area contributed by atoms with Gasteiger partial charge in [0.25, 0.3) is 0 Å². The SMILES string of the molecule is CCOC(=O)N1CCN(C(=O)CCc2c(C)nc3ccccn23)CC1. The van der Waals surface area contributed by atoms with Crippen molar-refractivity contribution in [1.29, 1.82) is 0 Å². The lowest BCUT2D eigenvalue weighted by Gasteiger charge is -2.34. The topological polar surface area (TPSA) is 67.2 Å². The first-order chi connectivity index (χ1) is 12.1. The third-order valence-corrected chi connectivity index (χ3v) is 4.56. The Labute approximate surface area is 147 Å².